The molecular weight excluding hydrogens is 545 g/mol. The van der Waals surface area contributed by atoms with E-state index in [0.29, 0.717) is 11.3 Å². The number of benzene rings is 4. The summed E-state index contributed by atoms with van der Waals surface area (Å²) in [5, 5.41) is 6.39. The third-order valence-corrected chi connectivity index (χ3v) is 6.79. The second-order valence-corrected chi connectivity index (χ2v) is 9.45. The maximum atomic E-state index is 12.8. The Morgan fingerprint density at radius 3 is 1.92 bits per heavy atom. The van der Waals surface area contributed by atoms with E-state index in [1.807, 2.05) is 97.1 Å². The molecule has 38 heavy (non-hydrogen) atoms. The first-order valence-electron chi connectivity index (χ1n) is 12.0. The van der Waals surface area contributed by atoms with E-state index in [9.17, 15) is 4.79 Å². The van der Waals surface area contributed by atoms with Gasteiger partial charge in [-0.25, -0.2) is 5.57 Å². The molecule has 1 aliphatic rings. The van der Waals surface area contributed by atoms with Gasteiger partial charge in [0, 0.05) is 5.56 Å². The van der Waals surface area contributed by atoms with E-state index in [1.165, 1.54) is 16.7 Å². The monoisotopic (exact) mass is 575 g/mol. The minimum atomic E-state index is -0.222. The molecule has 0 saturated heterocycles. The summed E-state index contributed by atoms with van der Waals surface area (Å²) in [4.78, 5) is 12.8. The van der Waals surface area contributed by atoms with Gasteiger partial charge < -0.3 is 34.9 Å². The number of carbonyl (C=O) groups is 1. The molecule has 0 fully saturated rings. The number of allylic oxidation sites excluding steroid dienone is 4. The van der Waals surface area contributed by atoms with E-state index in [4.69, 9.17) is 0 Å². The first-order valence-corrected chi connectivity index (χ1v) is 12.0. The maximum Gasteiger partial charge on any atom is 4.00 e. The SMILES string of the molecule is CC1=[C-]C(C)(C)C(C)=C1C.O=C([N-]c1ccccc1-c1ccccc1)c1cccc2ccccc12.[Cl-].[Cl-].[Ti+4]. The van der Waals surface area contributed by atoms with Gasteiger partial charge in [-0.05, 0) is 21.9 Å². The molecule has 1 amide bonds. The number of rotatable bonds is 3. The van der Waals surface area contributed by atoms with Gasteiger partial charge >= 0.3 is 21.7 Å². The topological polar surface area (TPSA) is 31.2 Å². The van der Waals surface area contributed by atoms with Crippen LogP contribution in [0.4, 0.5) is 5.69 Å². The van der Waals surface area contributed by atoms with Crippen molar-refractivity contribution in [3.8, 4) is 11.1 Å². The molecule has 0 unspecified atom stereocenters. The smallest absolute Gasteiger partial charge is 1.00 e. The summed E-state index contributed by atoms with van der Waals surface area (Å²) in [7, 11) is 0. The molecule has 0 heterocycles. The Morgan fingerprint density at radius 1 is 0.737 bits per heavy atom. The van der Waals surface area contributed by atoms with Crippen LogP contribution in [-0.2, 0) is 21.7 Å². The first-order chi connectivity index (χ1) is 16.8. The zero-order valence-electron chi connectivity index (χ0n) is 22.3. The van der Waals surface area contributed by atoms with Gasteiger partial charge in [-0.15, -0.1) is 12.6 Å². The molecule has 5 rings (SSSR count). The van der Waals surface area contributed by atoms with Crippen molar-refractivity contribution in [1.82, 2.24) is 0 Å². The summed E-state index contributed by atoms with van der Waals surface area (Å²) in [6, 6.07) is 31.3. The van der Waals surface area contributed by atoms with Crippen molar-refractivity contribution >= 4 is 22.4 Å². The van der Waals surface area contributed by atoms with Crippen molar-refractivity contribution < 1.29 is 51.3 Å². The van der Waals surface area contributed by atoms with Gasteiger partial charge in [-0.3, -0.25) is 6.08 Å². The van der Waals surface area contributed by atoms with Gasteiger partial charge in [0.05, 0.1) is 5.91 Å². The minimum absolute atomic E-state index is 0. The Bertz CT molecular complexity index is 1440. The standard InChI is InChI=1S/C23H17NO.C10H15.2ClH.Ti/c25-23(21-15-8-12-17-11-4-5-13-19(17)21)24-22-16-7-6-14-20(22)18-9-2-1-3-10-18;1-7-6-10(4,5)9(3)8(7)2;;;/h1-16H,(H,24,25);1-5H3;2*1H;/q;-1;;;+4/p-3. The summed E-state index contributed by atoms with van der Waals surface area (Å²) in [5.74, 6) is -0.222. The fourth-order valence-corrected chi connectivity index (χ4v) is 4.42. The molecule has 0 bridgehead atoms. The summed E-state index contributed by atoms with van der Waals surface area (Å²) in [6.45, 7) is 10.9. The second-order valence-electron chi connectivity index (χ2n) is 9.45. The van der Waals surface area contributed by atoms with Crippen LogP contribution in [0.2, 0.25) is 0 Å². The van der Waals surface area contributed by atoms with Crippen LogP contribution in [0.15, 0.2) is 114 Å². The van der Waals surface area contributed by atoms with Gasteiger partial charge in [0.1, 0.15) is 0 Å². The maximum absolute atomic E-state index is 12.8. The zero-order valence-corrected chi connectivity index (χ0v) is 25.4. The number of fused-ring (bicyclic) bond motifs is 1. The number of hydrogen-bond donors (Lipinski definition) is 0. The fourth-order valence-electron chi connectivity index (χ4n) is 4.42. The van der Waals surface area contributed by atoms with E-state index < -0.39 is 0 Å². The molecule has 0 atom stereocenters. The van der Waals surface area contributed by atoms with E-state index in [2.05, 4.69) is 46.0 Å². The van der Waals surface area contributed by atoms with Crippen LogP contribution in [0.25, 0.3) is 27.2 Å². The Labute approximate surface area is 254 Å². The number of halogens is 2. The molecule has 0 aromatic heterocycles. The van der Waals surface area contributed by atoms with E-state index in [0.717, 1.165) is 21.9 Å². The fraction of sp³-hybridized carbons (Fsp3) is 0.182. The minimum Gasteiger partial charge on any atom is -1.00 e. The first kappa shape index (κ1) is 33.4. The van der Waals surface area contributed by atoms with Crippen molar-refractivity contribution in [2.75, 3.05) is 0 Å². The predicted molar refractivity (Wildman–Crippen MR) is 148 cm³/mol. The summed E-state index contributed by atoms with van der Waals surface area (Å²) in [6.07, 6.45) is 3.44. The van der Waals surface area contributed by atoms with E-state index >= 15 is 0 Å². The van der Waals surface area contributed by atoms with Crippen LogP contribution in [0.1, 0.15) is 45.0 Å². The average molecular weight is 576 g/mol. The van der Waals surface area contributed by atoms with Gasteiger partial charge in [0.2, 0.25) is 0 Å². The molecule has 4 aromatic rings. The molecule has 2 nitrogen and oxygen atoms in total. The molecule has 0 saturated carbocycles. The number of hydrogen-bond acceptors (Lipinski definition) is 1. The molecule has 0 spiro atoms. The van der Waals surface area contributed by atoms with Crippen LogP contribution in [0, 0.1) is 11.5 Å². The predicted octanol–water partition coefficient (Wildman–Crippen LogP) is 3.47. The molecule has 1 aliphatic carbocycles. The van der Waals surface area contributed by atoms with Crippen molar-refractivity contribution in [1.29, 1.82) is 0 Å². The Kier molecular flexibility index (Phi) is 12.8. The van der Waals surface area contributed by atoms with Crippen LogP contribution < -0.4 is 24.8 Å². The summed E-state index contributed by atoms with van der Waals surface area (Å²) >= 11 is 0. The Morgan fingerprint density at radius 2 is 1.32 bits per heavy atom. The normalized spacial score (nSPS) is 13.1. The molecular formula is C33H31Cl2NOTi. The van der Waals surface area contributed by atoms with Crippen molar-refractivity contribution in [3.05, 3.63) is 131 Å². The number of para-hydroxylation sites is 1. The Balaban J connectivity index is 0.000000477. The third kappa shape index (κ3) is 7.49. The molecule has 0 aliphatic heterocycles. The molecule has 0 N–H and O–H groups in total. The van der Waals surface area contributed by atoms with Gasteiger partial charge in [0.15, 0.2) is 0 Å². The van der Waals surface area contributed by atoms with Gasteiger partial charge in [0.25, 0.3) is 0 Å². The number of nitrogens with zero attached hydrogens (tertiary/aromatic N) is 1. The van der Waals surface area contributed by atoms with Crippen molar-refractivity contribution in [3.63, 3.8) is 0 Å². The van der Waals surface area contributed by atoms with E-state index in [1.54, 1.807) is 0 Å². The molecule has 5 heteroatoms. The van der Waals surface area contributed by atoms with Crippen LogP contribution >= 0.6 is 0 Å². The zero-order chi connectivity index (χ0) is 25.0. The largest absolute Gasteiger partial charge is 4.00 e. The van der Waals surface area contributed by atoms with E-state index in [-0.39, 0.29) is 57.9 Å². The van der Waals surface area contributed by atoms with Gasteiger partial charge in [-0.1, -0.05) is 130 Å². The van der Waals surface area contributed by atoms with Crippen LogP contribution in [-0.4, -0.2) is 5.91 Å². The second kappa shape index (κ2) is 14.5. The quantitative estimate of drug-likeness (QED) is 0.272. The molecule has 0 radical (unpaired) electrons. The Hall–Kier alpha value is -2.62. The third-order valence-electron chi connectivity index (χ3n) is 6.79. The van der Waals surface area contributed by atoms with Crippen LogP contribution in [0.5, 0.6) is 0 Å². The number of carbonyl (C=O) groups excluding carboxylic acids is 1. The van der Waals surface area contributed by atoms with Gasteiger partial charge in [-0.2, -0.15) is 11.1 Å². The van der Waals surface area contributed by atoms with Crippen molar-refractivity contribution in [2.45, 2.75) is 34.6 Å². The summed E-state index contributed by atoms with van der Waals surface area (Å²) < 4.78 is 0. The molecule has 192 valence electrons. The number of amides is 1. The van der Waals surface area contributed by atoms with Crippen LogP contribution in [0.3, 0.4) is 0 Å². The summed E-state index contributed by atoms with van der Waals surface area (Å²) in [5.41, 5.74) is 7.71. The van der Waals surface area contributed by atoms with Crippen molar-refractivity contribution in [2.24, 2.45) is 5.41 Å². The average Bonchev–Trinajstić information content (AvgIpc) is 3.05. The molecule has 4 aromatic carbocycles.